The van der Waals surface area contributed by atoms with E-state index in [0.717, 1.165) is 30.5 Å². The van der Waals surface area contributed by atoms with Crippen LogP contribution in [-0.2, 0) is 4.74 Å². The Morgan fingerprint density at radius 1 is 1.44 bits per heavy atom. The van der Waals surface area contributed by atoms with Gasteiger partial charge in [-0.1, -0.05) is 6.07 Å². The Bertz CT molecular complexity index is 551. The lowest BCUT2D eigenvalue weighted by Crippen LogP contribution is -2.18. The van der Waals surface area contributed by atoms with Crippen LogP contribution in [0.3, 0.4) is 0 Å². The monoisotopic (exact) mass is 246 g/mol. The first kappa shape index (κ1) is 11.5. The van der Waals surface area contributed by atoms with Crippen molar-refractivity contribution in [3.8, 4) is 0 Å². The predicted octanol–water partition coefficient (Wildman–Crippen LogP) is 2.02. The standard InChI is InChI=1S/C13H18N4O/c1-9-4-3-7-17-12(9)15-13(16-17)14-10-5-6-11(8-10)18-2/h3-4,7,10-11H,5-6,8H2,1-2H3,(H,14,16). The Morgan fingerprint density at radius 2 is 2.33 bits per heavy atom. The number of nitrogens with one attached hydrogen (secondary N) is 1. The molecular weight excluding hydrogens is 228 g/mol. The van der Waals surface area contributed by atoms with E-state index >= 15 is 0 Å². The minimum Gasteiger partial charge on any atom is -0.381 e. The molecular formula is C13H18N4O. The topological polar surface area (TPSA) is 51.5 Å². The van der Waals surface area contributed by atoms with Crippen molar-refractivity contribution >= 4 is 11.6 Å². The van der Waals surface area contributed by atoms with E-state index in [9.17, 15) is 0 Å². The maximum atomic E-state index is 5.37. The Balaban J connectivity index is 1.77. The molecule has 5 nitrogen and oxygen atoms in total. The number of anilines is 1. The Kier molecular flexibility index (Phi) is 2.91. The average molecular weight is 246 g/mol. The van der Waals surface area contributed by atoms with Crippen molar-refractivity contribution in [2.24, 2.45) is 0 Å². The highest BCUT2D eigenvalue weighted by molar-refractivity contribution is 5.50. The van der Waals surface area contributed by atoms with Gasteiger partial charge >= 0.3 is 0 Å². The van der Waals surface area contributed by atoms with Gasteiger partial charge in [-0.15, -0.1) is 5.10 Å². The smallest absolute Gasteiger partial charge is 0.243 e. The molecule has 2 aromatic rings. The molecule has 1 aliphatic rings. The van der Waals surface area contributed by atoms with E-state index in [1.165, 1.54) is 0 Å². The zero-order valence-electron chi connectivity index (χ0n) is 10.8. The molecule has 3 rings (SSSR count). The van der Waals surface area contributed by atoms with E-state index in [1.807, 2.05) is 29.8 Å². The lowest BCUT2D eigenvalue weighted by atomic mass is 10.2. The third kappa shape index (κ3) is 2.06. The molecule has 0 amide bonds. The molecule has 96 valence electrons. The van der Waals surface area contributed by atoms with Gasteiger partial charge in [-0.05, 0) is 37.8 Å². The van der Waals surface area contributed by atoms with Crippen LogP contribution in [0.25, 0.3) is 5.65 Å². The van der Waals surface area contributed by atoms with Gasteiger partial charge in [0, 0.05) is 19.3 Å². The summed E-state index contributed by atoms with van der Waals surface area (Å²) in [7, 11) is 1.78. The van der Waals surface area contributed by atoms with E-state index in [-0.39, 0.29) is 0 Å². The van der Waals surface area contributed by atoms with Gasteiger partial charge in [-0.25, -0.2) is 4.52 Å². The van der Waals surface area contributed by atoms with Crippen molar-refractivity contribution < 1.29 is 4.74 Å². The second-order valence-electron chi connectivity index (χ2n) is 4.91. The molecule has 0 aliphatic heterocycles. The molecule has 5 heteroatoms. The molecule has 18 heavy (non-hydrogen) atoms. The third-order valence-electron chi connectivity index (χ3n) is 3.61. The van der Waals surface area contributed by atoms with Crippen LogP contribution in [0.15, 0.2) is 18.3 Å². The highest BCUT2D eigenvalue weighted by Gasteiger charge is 2.25. The number of methoxy groups -OCH3 is 1. The molecule has 2 atom stereocenters. The lowest BCUT2D eigenvalue weighted by Gasteiger charge is -2.10. The van der Waals surface area contributed by atoms with E-state index in [1.54, 1.807) is 7.11 Å². The summed E-state index contributed by atoms with van der Waals surface area (Å²) < 4.78 is 7.19. The number of hydrogen-bond donors (Lipinski definition) is 1. The number of aryl methyl sites for hydroxylation is 1. The fourth-order valence-electron chi connectivity index (χ4n) is 2.57. The molecule has 1 N–H and O–H groups in total. The number of fused-ring (bicyclic) bond motifs is 1. The van der Waals surface area contributed by atoms with Crippen LogP contribution in [0.1, 0.15) is 24.8 Å². The first-order chi connectivity index (χ1) is 8.76. The summed E-state index contributed by atoms with van der Waals surface area (Å²) >= 11 is 0. The fourth-order valence-corrected chi connectivity index (χ4v) is 2.57. The van der Waals surface area contributed by atoms with Crippen molar-refractivity contribution in [2.75, 3.05) is 12.4 Å². The van der Waals surface area contributed by atoms with Gasteiger partial charge in [0.05, 0.1) is 6.10 Å². The van der Waals surface area contributed by atoms with Gasteiger partial charge in [0.2, 0.25) is 5.95 Å². The molecule has 0 saturated heterocycles. The summed E-state index contributed by atoms with van der Waals surface area (Å²) in [5, 5.41) is 7.84. The van der Waals surface area contributed by atoms with Crippen LogP contribution >= 0.6 is 0 Å². The molecule has 0 bridgehead atoms. The molecule has 0 radical (unpaired) electrons. The summed E-state index contributed by atoms with van der Waals surface area (Å²) in [5.74, 6) is 0.714. The second kappa shape index (κ2) is 4.57. The first-order valence-electron chi connectivity index (χ1n) is 6.37. The summed E-state index contributed by atoms with van der Waals surface area (Å²) in [6.07, 6.45) is 5.56. The normalized spacial score (nSPS) is 23.7. The summed E-state index contributed by atoms with van der Waals surface area (Å²) in [6.45, 7) is 2.05. The summed E-state index contributed by atoms with van der Waals surface area (Å²) in [4.78, 5) is 4.53. The number of hydrogen-bond acceptors (Lipinski definition) is 4. The Hall–Kier alpha value is -1.62. The van der Waals surface area contributed by atoms with E-state index < -0.39 is 0 Å². The van der Waals surface area contributed by atoms with Crippen LogP contribution in [0.2, 0.25) is 0 Å². The second-order valence-corrected chi connectivity index (χ2v) is 4.91. The highest BCUT2D eigenvalue weighted by atomic mass is 16.5. The SMILES string of the molecule is COC1CCC(Nc2nc3c(C)cccn3n2)C1. The molecule has 1 aliphatic carbocycles. The van der Waals surface area contributed by atoms with Crippen molar-refractivity contribution in [3.63, 3.8) is 0 Å². The lowest BCUT2D eigenvalue weighted by molar-refractivity contribution is 0.108. The van der Waals surface area contributed by atoms with E-state index in [4.69, 9.17) is 4.74 Å². The van der Waals surface area contributed by atoms with Crippen molar-refractivity contribution in [1.29, 1.82) is 0 Å². The molecule has 1 saturated carbocycles. The minimum absolute atomic E-state index is 0.376. The molecule has 2 heterocycles. The summed E-state index contributed by atoms with van der Waals surface area (Å²) in [5.41, 5.74) is 2.06. The number of ether oxygens (including phenoxy) is 1. The Morgan fingerprint density at radius 3 is 3.06 bits per heavy atom. The maximum Gasteiger partial charge on any atom is 0.243 e. The van der Waals surface area contributed by atoms with Crippen LogP contribution in [0.5, 0.6) is 0 Å². The first-order valence-corrected chi connectivity index (χ1v) is 6.37. The molecule has 1 fully saturated rings. The van der Waals surface area contributed by atoms with Gasteiger partial charge in [-0.3, -0.25) is 0 Å². The van der Waals surface area contributed by atoms with Gasteiger partial charge in [0.15, 0.2) is 5.65 Å². The zero-order chi connectivity index (χ0) is 12.5. The van der Waals surface area contributed by atoms with Gasteiger partial charge in [0.1, 0.15) is 0 Å². The van der Waals surface area contributed by atoms with E-state index in [0.29, 0.717) is 18.1 Å². The van der Waals surface area contributed by atoms with Crippen molar-refractivity contribution in [1.82, 2.24) is 14.6 Å². The van der Waals surface area contributed by atoms with Crippen LogP contribution in [0.4, 0.5) is 5.95 Å². The number of rotatable bonds is 3. The van der Waals surface area contributed by atoms with Crippen molar-refractivity contribution in [2.45, 2.75) is 38.3 Å². The zero-order valence-corrected chi connectivity index (χ0v) is 10.8. The molecule has 2 unspecified atom stereocenters. The van der Waals surface area contributed by atoms with Gasteiger partial charge in [0.25, 0.3) is 0 Å². The average Bonchev–Trinajstić information content (AvgIpc) is 2.96. The molecule has 0 aromatic carbocycles. The van der Waals surface area contributed by atoms with Gasteiger partial charge < -0.3 is 10.1 Å². The number of aromatic nitrogens is 3. The largest absolute Gasteiger partial charge is 0.381 e. The number of nitrogens with zero attached hydrogens (tertiary/aromatic N) is 3. The fraction of sp³-hybridized carbons (Fsp3) is 0.538. The van der Waals surface area contributed by atoms with Crippen molar-refractivity contribution in [3.05, 3.63) is 23.9 Å². The van der Waals surface area contributed by atoms with Crippen LogP contribution in [0, 0.1) is 6.92 Å². The third-order valence-corrected chi connectivity index (χ3v) is 3.61. The van der Waals surface area contributed by atoms with Crippen LogP contribution < -0.4 is 5.32 Å². The van der Waals surface area contributed by atoms with Gasteiger partial charge in [-0.2, -0.15) is 4.98 Å². The highest BCUT2D eigenvalue weighted by Crippen LogP contribution is 2.24. The van der Waals surface area contributed by atoms with Crippen LogP contribution in [-0.4, -0.2) is 33.9 Å². The maximum absolute atomic E-state index is 5.37. The molecule has 2 aromatic heterocycles. The quantitative estimate of drug-likeness (QED) is 0.900. The minimum atomic E-state index is 0.376. The summed E-state index contributed by atoms with van der Waals surface area (Å²) in [6, 6.07) is 4.45. The molecule has 0 spiro atoms. The number of pyridine rings is 1. The van der Waals surface area contributed by atoms with E-state index in [2.05, 4.69) is 15.4 Å². The predicted molar refractivity (Wildman–Crippen MR) is 69.8 cm³/mol. The Labute approximate surface area is 106 Å².